The van der Waals surface area contributed by atoms with Crippen molar-refractivity contribution in [2.45, 2.75) is 0 Å². The van der Waals surface area contributed by atoms with Gasteiger partial charge in [0.1, 0.15) is 11.2 Å². The molecule has 7 aromatic carbocycles. The van der Waals surface area contributed by atoms with Crippen LogP contribution >= 0.6 is 0 Å². The predicted molar refractivity (Wildman–Crippen MR) is 188 cm³/mol. The molecule has 0 saturated heterocycles. The fraction of sp³-hybridized carbons (Fsp3) is 0. The summed E-state index contributed by atoms with van der Waals surface area (Å²) in [6.07, 6.45) is 0. The van der Waals surface area contributed by atoms with Gasteiger partial charge < -0.3 is 13.9 Å². The van der Waals surface area contributed by atoms with Gasteiger partial charge in [0.25, 0.3) is 0 Å². The van der Waals surface area contributed by atoms with Gasteiger partial charge in [-0.25, -0.2) is 0 Å². The Hall–Kier alpha value is -6.06. The summed E-state index contributed by atoms with van der Waals surface area (Å²) in [6, 6.07) is 60.2. The Morgan fingerprint density at radius 2 is 0.956 bits per heavy atom. The molecule has 0 bridgehead atoms. The highest BCUT2D eigenvalue weighted by atomic mass is 16.3. The van der Waals surface area contributed by atoms with E-state index < -0.39 is 0 Å². The van der Waals surface area contributed by atoms with E-state index in [0.29, 0.717) is 0 Å². The van der Waals surface area contributed by atoms with Gasteiger partial charge in [-0.15, -0.1) is 0 Å². The summed E-state index contributed by atoms with van der Waals surface area (Å²) in [7, 11) is 0. The number of furan rings is 1. The van der Waals surface area contributed by atoms with Gasteiger partial charge in [0.2, 0.25) is 0 Å². The maximum Gasteiger partial charge on any atom is 0.137 e. The van der Waals surface area contributed by atoms with Crippen LogP contribution in [0.25, 0.3) is 60.6 Å². The quantitative estimate of drug-likeness (QED) is 0.203. The Morgan fingerprint density at radius 1 is 0.378 bits per heavy atom. The van der Waals surface area contributed by atoms with Crippen molar-refractivity contribution in [2.24, 2.45) is 0 Å². The molecule has 2 aromatic heterocycles. The van der Waals surface area contributed by atoms with Crippen LogP contribution in [0.5, 0.6) is 0 Å². The maximum absolute atomic E-state index is 6.33. The lowest BCUT2D eigenvalue weighted by atomic mass is 10.0. The van der Waals surface area contributed by atoms with Crippen molar-refractivity contribution in [3.05, 3.63) is 170 Å². The minimum atomic E-state index is 0.875. The standard InChI is InChI=1S/C42H28N2O/c1-2-11-29(12-3-1)30-13-10-14-33(27-30)43(34-25-26-38-37-17-6-9-20-41(37)45-42(38)28-34)31-21-23-32(24-22-31)44-39-18-7-4-15-35(39)36-16-5-8-19-40(36)44/h1-28H. The fourth-order valence-corrected chi connectivity index (χ4v) is 6.71. The summed E-state index contributed by atoms with van der Waals surface area (Å²) in [4.78, 5) is 2.31. The van der Waals surface area contributed by atoms with Crippen molar-refractivity contribution in [3.8, 4) is 16.8 Å². The summed E-state index contributed by atoms with van der Waals surface area (Å²) in [5.74, 6) is 0. The molecular weight excluding hydrogens is 548 g/mol. The Kier molecular flexibility index (Phi) is 5.82. The highest BCUT2D eigenvalue weighted by molar-refractivity contribution is 6.09. The third kappa shape index (κ3) is 4.21. The van der Waals surface area contributed by atoms with Crippen molar-refractivity contribution < 1.29 is 4.42 Å². The summed E-state index contributed by atoms with van der Waals surface area (Å²) >= 11 is 0. The Morgan fingerprint density at radius 3 is 1.71 bits per heavy atom. The van der Waals surface area contributed by atoms with Crippen LogP contribution in [0.4, 0.5) is 17.1 Å². The van der Waals surface area contributed by atoms with E-state index in [1.54, 1.807) is 0 Å². The monoisotopic (exact) mass is 576 g/mol. The van der Waals surface area contributed by atoms with Crippen LogP contribution in [0.1, 0.15) is 0 Å². The number of para-hydroxylation sites is 3. The molecule has 0 radical (unpaired) electrons. The zero-order chi connectivity index (χ0) is 29.7. The number of rotatable bonds is 5. The molecule has 0 N–H and O–H groups in total. The van der Waals surface area contributed by atoms with Crippen LogP contribution in [0.15, 0.2) is 174 Å². The molecule has 0 aliphatic carbocycles. The van der Waals surface area contributed by atoms with E-state index in [1.807, 2.05) is 12.1 Å². The number of nitrogens with zero attached hydrogens (tertiary/aromatic N) is 2. The largest absolute Gasteiger partial charge is 0.456 e. The summed E-state index contributed by atoms with van der Waals surface area (Å²) in [5, 5.41) is 4.77. The van der Waals surface area contributed by atoms with E-state index in [0.717, 1.165) is 44.7 Å². The first-order valence-corrected chi connectivity index (χ1v) is 15.3. The van der Waals surface area contributed by atoms with E-state index in [2.05, 4.69) is 167 Å². The van der Waals surface area contributed by atoms with Gasteiger partial charge >= 0.3 is 0 Å². The van der Waals surface area contributed by atoms with Gasteiger partial charge in [0, 0.05) is 50.4 Å². The number of anilines is 3. The number of benzene rings is 7. The minimum absolute atomic E-state index is 0.875. The molecule has 0 amide bonds. The average molecular weight is 577 g/mol. The Bertz CT molecular complexity index is 2430. The second kappa shape index (κ2) is 10.3. The van der Waals surface area contributed by atoms with E-state index in [-0.39, 0.29) is 0 Å². The van der Waals surface area contributed by atoms with Crippen molar-refractivity contribution >= 4 is 60.8 Å². The van der Waals surface area contributed by atoms with Crippen molar-refractivity contribution in [1.29, 1.82) is 0 Å². The van der Waals surface area contributed by atoms with E-state index in [9.17, 15) is 0 Å². The number of aromatic nitrogens is 1. The number of fused-ring (bicyclic) bond motifs is 6. The smallest absolute Gasteiger partial charge is 0.137 e. The Labute approximate surface area is 260 Å². The van der Waals surface area contributed by atoms with Gasteiger partial charge in [0.05, 0.1) is 11.0 Å². The molecule has 212 valence electrons. The van der Waals surface area contributed by atoms with Crippen LogP contribution in [0.3, 0.4) is 0 Å². The Balaban J connectivity index is 1.21. The first-order chi connectivity index (χ1) is 22.3. The molecule has 0 fully saturated rings. The summed E-state index contributed by atoms with van der Waals surface area (Å²) < 4.78 is 8.68. The van der Waals surface area contributed by atoms with Crippen LogP contribution in [-0.2, 0) is 0 Å². The fourth-order valence-electron chi connectivity index (χ4n) is 6.71. The minimum Gasteiger partial charge on any atom is -0.456 e. The van der Waals surface area contributed by atoms with Crippen LogP contribution in [0.2, 0.25) is 0 Å². The molecule has 3 nitrogen and oxygen atoms in total. The maximum atomic E-state index is 6.33. The lowest BCUT2D eigenvalue weighted by Gasteiger charge is -2.26. The SMILES string of the molecule is c1ccc(-c2cccc(N(c3ccc(-n4c5ccccc5c5ccccc54)cc3)c3ccc4c(c3)oc3ccccc34)c2)cc1. The van der Waals surface area contributed by atoms with Gasteiger partial charge in [0.15, 0.2) is 0 Å². The average Bonchev–Trinajstić information content (AvgIpc) is 3.65. The highest BCUT2D eigenvalue weighted by Gasteiger charge is 2.17. The third-order valence-corrected chi connectivity index (χ3v) is 8.78. The molecular formula is C42H28N2O. The molecule has 45 heavy (non-hydrogen) atoms. The molecule has 2 heterocycles. The second-order valence-corrected chi connectivity index (χ2v) is 11.4. The predicted octanol–water partition coefficient (Wildman–Crippen LogP) is 11.8. The first-order valence-electron chi connectivity index (χ1n) is 15.3. The molecule has 9 aromatic rings. The molecule has 0 aliphatic rings. The van der Waals surface area contributed by atoms with Gasteiger partial charge in [-0.3, -0.25) is 0 Å². The molecule has 0 unspecified atom stereocenters. The number of hydrogen-bond acceptors (Lipinski definition) is 2. The van der Waals surface area contributed by atoms with E-state index in [1.165, 1.54) is 32.9 Å². The van der Waals surface area contributed by atoms with Crippen LogP contribution in [-0.4, -0.2) is 4.57 Å². The van der Waals surface area contributed by atoms with Gasteiger partial charge in [-0.05, 0) is 77.9 Å². The first kappa shape index (κ1) is 25.4. The molecule has 0 atom stereocenters. The molecule has 3 heteroatoms. The summed E-state index contributed by atoms with van der Waals surface area (Å²) in [5.41, 5.74) is 10.9. The molecule has 9 rings (SSSR count). The highest BCUT2D eigenvalue weighted by Crippen LogP contribution is 2.40. The molecule has 0 spiro atoms. The van der Waals surface area contributed by atoms with Crippen molar-refractivity contribution in [3.63, 3.8) is 0 Å². The third-order valence-electron chi connectivity index (χ3n) is 8.78. The lowest BCUT2D eigenvalue weighted by molar-refractivity contribution is 0.669. The number of hydrogen-bond donors (Lipinski definition) is 0. The lowest BCUT2D eigenvalue weighted by Crippen LogP contribution is -2.10. The van der Waals surface area contributed by atoms with Crippen molar-refractivity contribution in [2.75, 3.05) is 4.90 Å². The topological polar surface area (TPSA) is 21.3 Å². The zero-order valence-electron chi connectivity index (χ0n) is 24.5. The van der Waals surface area contributed by atoms with Gasteiger partial charge in [-0.2, -0.15) is 0 Å². The van der Waals surface area contributed by atoms with Gasteiger partial charge in [-0.1, -0.05) is 97.1 Å². The zero-order valence-corrected chi connectivity index (χ0v) is 24.5. The van der Waals surface area contributed by atoms with Crippen LogP contribution in [0, 0.1) is 0 Å². The molecule has 0 saturated carbocycles. The van der Waals surface area contributed by atoms with E-state index >= 15 is 0 Å². The summed E-state index contributed by atoms with van der Waals surface area (Å²) in [6.45, 7) is 0. The molecule has 0 aliphatic heterocycles. The van der Waals surface area contributed by atoms with E-state index in [4.69, 9.17) is 4.42 Å². The second-order valence-electron chi connectivity index (χ2n) is 11.4. The van der Waals surface area contributed by atoms with Crippen LogP contribution < -0.4 is 4.90 Å². The normalized spacial score (nSPS) is 11.6. The van der Waals surface area contributed by atoms with Crippen molar-refractivity contribution in [1.82, 2.24) is 4.57 Å².